The van der Waals surface area contributed by atoms with Crippen molar-refractivity contribution in [2.45, 2.75) is 20.0 Å². The van der Waals surface area contributed by atoms with Crippen molar-refractivity contribution < 1.29 is 4.42 Å². The number of rotatable bonds is 5. The Morgan fingerprint density at radius 2 is 2.18 bits per heavy atom. The van der Waals surface area contributed by atoms with Gasteiger partial charge in [0.15, 0.2) is 0 Å². The van der Waals surface area contributed by atoms with E-state index in [0.29, 0.717) is 13.1 Å². The molecule has 1 N–H and O–H groups in total. The van der Waals surface area contributed by atoms with Crippen LogP contribution in [0.3, 0.4) is 0 Å². The Morgan fingerprint density at radius 1 is 1.29 bits per heavy atom. The average molecular weight is 232 g/mol. The molecule has 17 heavy (non-hydrogen) atoms. The van der Waals surface area contributed by atoms with Crippen molar-refractivity contribution in [3.05, 3.63) is 58.4 Å². The molecule has 4 heteroatoms. The second-order valence-corrected chi connectivity index (χ2v) is 3.92. The van der Waals surface area contributed by atoms with E-state index in [9.17, 15) is 4.79 Å². The lowest BCUT2D eigenvalue weighted by atomic mass is 10.4. The van der Waals surface area contributed by atoms with Gasteiger partial charge in [0.1, 0.15) is 11.5 Å². The molecule has 0 aliphatic rings. The first-order chi connectivity index (χ1) is 8.25. The van der Waals surface area contributed by atoms with Crippen molar-refractivity contribution in [1.29, 1.82) is 0 Å². The van der Waals surface area contributed by atoms with Gasteiger partial charge in [-0.15, -0.1) is 0 Å². The predicted octanol–water partition coefficient (Wildman–Crippen LogP) is 1.54. The van der Waals surface area contributed by atoms with E-state index in [1.54, 1.807) is 22.9 Å². The van der Waals surface area contributed by atoms with Crippen molar-refractivity contribution in [2.75, 3.05) is 6.54 Å². The monoisotopic (exact) mass is 232 g/mol. The largest absolute Gasteiger partial charge is 0.465 e. The molecule has 90 valence electrons. The molecule has 2 rings (SSSR count). The summed E-state index contributed by atoms with van der Waals surface area (Å²) in [6.45, 7) is 4.02. The minimum absolute atomic E-state index is 0.0307. The van der Waals surface area contributed by atoms with E-state index in [0.717, 1.165) is 18.1 Å². The average Bonchev–Trinajstić information content (AvgIpc) is 2.73. The van der Waals surface area contributed by atoms with Crippen molar-refractivity contribution in [3.63, 3.8) is 0 Å². The standard InChI is InChI=1S/C13H16N2O2/c1-11-5-6-12(17-11)10-14-7-9-15-8-3-2-4-13(15)16/h2-6,8,14H,7,9-10H2,1H3. The molecule has 2 heterocycles. The number of pyridine rings is 1. The maximum atomic E-state index is 11.4. The number of nitrogens with one attached hydrogen (secondary N) is 1. The number of aromatic nitrogens is 1. The fourth-order valence-corrected chi connectivity index (χ4v) is 1.64. The van der Waals surface area contributed by atoms with Crippen LogP contribution in [0.4, 0.5) is 0 Å². The highest BCUT2D eigenvalue weighted by Crippen LogP contribution is 2.04. The molecule has 0 amide bonds. The fraction of sp³-hybridized carbons (Fsp3) is 0.308. The van der Waals surface area contributed by atoms with E-state index >= 15 is 0 Å². The first-order valence-electron chi connectivity index (χ1n) is 5.67. The van der Waals surface area contributed by atoms with E-state index in [-0.39, 0.29) is 5.56 Å². The van der Waals surface area contributed by atoms with Gasteiger partial charge in [0.25, 0.3) is 5.56 Å². The third-order valence-electron chi connectivity index (χ3n) is 2.52. The molecule has 0 aromatic carbocycles. The summed E-state index contributed by atoms with van der Waals surface area (Å²) in [5, 5.41) is 3.24. The molecule has 0 atom stereocenters. The summed E-state index contributed by atoms with van der Waals surface area (Å²) in [6.07, 6.45) is 1.79. The normalized spacial score (nSPS) is 10.6. The maximum Gasteiger partial charge on any atom is 0.250 e. The third kappa shape index (κ3) is 3.32. The van der Waals surface area contributed by atoms with Crippen molar-refractivity contribution in [2.24, 2.45) is 0 Å². The van der Waals surface area contributed by atoms with Crippen LogP contribution in [0.15, 0.2) is 45.7 Å². The molecule has 0 unspecified atom stereocenters. The molecular weight excluding hydrogens is 216 g/mol. The van der Waals surface area contributed by atoms with Gasteiger partial charge in [-0.2, -0.15) is 0 Å². The Morgan fingerprint density at radius 3 is 2.88 bits per heavy atom. The third-order valence-corrected chi connectivity index (χ3v) is 2.52. The SMILES string of the molecule is Cc1ccc(CNCCn2ccccc2=O)o1. The van der Waals surface area contributed by atoms with Gasteiger partial charge in [-0.25, -0.2) is 0 Å². The molecule has 0 bridgehead atoms. The van der Waals surface area contributed by atoms with Gasteiger partial charge in [0, 0.05) is 25.4 Å². The summed E-state index contributed by atoms with van der Waals surface area (Å²) < 4.78 is 7.11. The number of hydrogen-bond acceptors (Lipinski definition) is 3. The first-order valence-corrected chi connectivity index (χ1v) is 5.67. The molecule has 0 saturated heterocycles. The van der Waals surface area contributed by atoms with E-state index < -0.39 is 0 Å². The van der Waals surface area contributed by atoms with Gasteiger partial charge >= 0.3 is 0 Å². The molecule has 0 radical (unpaired) electrons. The van der Waals surface area contributed by atoms with Crippen LogP contribution in [0.25, 0.3) is 0 Å². The second kappa shape index (κ2) is 5.50. The predicted molar refractivity (Wildman–Crippen MR) is 65.9 cm³/mol. The van der Waals surface area contributed by atoms with Crippen LogP contribution in [0, 0.1) is 6.92 Å². The highest BCUT2D eigenvalue weighted by atomic mass is 16.3. The van der Waals surface area contributed by atoms with Gasteiger partial charge in [-0.05, 0) is 25.1 Å². The van der Waals surface area contributed by atoms with Crippen LogP contribution in [0.5, 0.6) is 0 Å². The molecule has 0 fully saturated rings. The van der Waals surface area contributed by atoms with Crippen LogP contribution in [-0.4, -0.2) is 11.1 Å². The lowest BCUT2D eigenvalue weighted by Gasteiger charge is -2.05. The molecule has 0 saturated carbocycles. The summed E-state index contributed by atoms with van der Waals surface area (Å²) >= 11 is 0. The van der Waals surface area contributed by atoms with Crippen molar-refractivity contribution >= 4 is 0 Å². The number of hydrogen-bond donors (Lipinski definition) is 1. The maximum absolute atomic E-state index is 11.4. The zero-order valence-corrected chi connectivity index (χ0v) is 9.85. The molecule has 4 nitrogen and oxygen atoms in total. The van der Waals surface area contributed by atoms with Gasteiger partial charge in [-0.3, -0.25) is 4.79 Å². The van der Waals surface area contributed by atoms with E-state index in [1.165, 1.54) is 0 Å². The minimum atomic E-state index is 0.0307. The van der Waals surface area contributed by atoms with E-state index in [1.807, 2.05) is 25.1 Å². The molecule has 0 aliphatic carbocycles. The van der Waals surface area contributed by atoms with Crippen molar-refractivity contribution in [1.82, 2.24) is 9.88 Å². The highest BCUT2D eigenvalue weighted by molar-refractivity contribution is 5.05. The van der Waals surface area contributed by atoms with Gasteiger partial charge in [0.2, 0.25) is 0 Å². The van der Waals surface area contributed by atoms with Crippen LogP contribution >= 0.6 is 0 Å². The lowest BCUT2D eigenvalue weighted by Crippen LogP contribution is -2.25. The summed E-state index contributed by atoms with van der Waals surface area (Å²) in [6, 6.07) is 9.07. The number of aryl methyl sites for hydroxylation is 1. The quantitative estimate of drug-likeness (QED) is 0.795. The number of furan rings is 1. The Hall–Kier alpha value is -1.81. The van der Waals surface area contributed by atoms with Gasteiger partial charge in [0.05, 0.1) is 6.54 Å². The fourth-order valence-electron chi connectivity index (χ4n) is 1.64. The van der Waals surface area contributed by atoms with E-state index in [2.05, 4.69) is 5.32 Å². The smallest absolute Gasteiger partial charge is 0.250 e. The minimum Gasteiger partial charge on any atom is -0.465 e. The molecule has 0 spiro atoms. The zero-order chi connectivity index (χ0) is 12.1. The Bertz CT molecular complexity index is 528. The highest BCUT2D eigenvalue weighted by Gasteiger charge is 1.98. The topological polar surface area (TPSA) is 47.2 Å². The Balaban J connectivity index is 1.77. The van der Waals surface area contributed by atoms with Gasteiger partial charge < -0.3 is 14.3 Å². The summed E-state index contributed by atoms with van der Waals surface area (Å²) in [5.41, 5.74) is 0.0307. The van der Waals surface area contributed by atoms with Crippen LogP contribution in [0.1, 0.15) is 11.5 Å². The molecule has 2 aromatic rings. The number of nitrogens with zero attached hydrogens (tertiary/aromatic N) is 1. The summed E-state index contributed by atoms with van der Waals surface area (Å²) in [4.78, 5) is 11.4. The molecule has 2 aromatic heterocycles. The molecular formula is C13H16N2O2. The Kier molecular flexibility index (Phi) is 3.77. The second-order valence-electron chi connectivity index (χ2n) is 3.92. The Labute approximate surface area is 99.9 Å². The van der Waals surface area contributed by atoms with Crippen molar-refractivity contribution in [3.8, 4) is 0 Å². The first kappa shape index (κ1) is 11.7. The van der Waals surface area contributed by atoms with Crippen LogP contribution in [-0.2, 0) is 13.1 Å². The van der Waals surface area contributed by atoms with E-state index in [4.69, 9.17) is 4.42 Å². The van der Waals surface area contributed by atoms with Gasteiger partial charge in [-0.1, -0.05) is 6.07 Å². The summed E-state index contributed by atoms with van der Waals surface area (Å²) in [7, 11) is 0. The zero-order valence-electron chi connectivity index (χ0n) is 9.85. The lowest BCUT2D eigenvalue weighted by molar-refractivity contribution is 0.456. The van der Waals surface area contributed by atoms with Crippen LogP contribution < -0.4 is 10.9 Å². The summed E-state index contributed by atoms with van der Waals surface area (Å²) in [5.74, 6) is 1.84. The molecule has 0 aliphatic heterocycles. The van der Waals surface area contributed by atoms with Crippen LogP contribution in [0.2, 0.25) is 0 Å².